The van der Waals surface area contributed by atoms with Crippen LogP contribution in [0.15, 0.2) is 46.9 Å². The van der Waals surface area contributed by atoms with Crippen molar-refractivity contribution in [3.05, 3.63) is 63.1 Å². The standard InChI is InChI=1S/C15H15BrClN/c1-2-11-3-5-12(6-4-11)10-18-15-9-13(17)7-8-14(15)16/h3-9,18H,2,10H2,1H3. The van der Waals surface area contributed by atoms with Crippen LogP contribution in [-0.2, 0) is 13.0 Å². The summed E-state index contributed by atoms with van der Waals surface area (Å²) in [6, 6.07) is 14.4. The molecule has 0 aliphatic carbocycles. The van der Waals surface area contributed by atoms with Crippen molar-refractivity contribution in [1.82, 2.24) is 0 Å². The SMILES string of the molecule is CCc1ccc(CNc2cc(Cl)ccc2Br)cc1. The molecule has 0 spiro atoms. The summed E-state index contributed by atoms with van der Waals surface area (Å²) < 4.78 is 1.03. The minimum atomic E-state index is 0.738. The van der Waals surface area contributed by atoms with Gasteiger partial charge in [-0.3, -0.25) is 0 Å². The van der Waals surface area contributed by atoms with Crippen LogP contribution in [0.3, 0.4) is 0 Å². The molecule has 2 rings (SSSR count). The molecule has 0 fully saturated rings. The molecular formula is C15H15BrClN. The molecule has 0 unspecified atom stereocenters. The van der Waals surface area contributed by atoms with E-state index < -0.39 is 0 Å². The van der Waals surface area contributed by atoms with Gasteiger partial charge in [-0.25, -0.2) is 0 Å². The molecule has 0 atom stereocenters. The zero-order chi connectivity index (χ0) is 13.0. The quantitative estimate of drug-likeness (QED) is 0.807. The van der Waals surface area contributed by atoms with Gasteiger partial charge >= 0.3 is 0 Å². The van der Waals surface area contributed by atoms with Gasteiger partial charge in [-0.15, -0.1) is 0 Å². The van der Waals surface area contributed by atoms with Gasteiger partial charge in [-0.05, 0) is 51.7 Å². The van der Waals surface area contributed by atoms with E-state index in [-0.39, 0.29) is 0 Å². The molecule has 0 aliphatic heterocycles. The number of hydrogen-bond acceptors (Lipinski definition) is 1. The first kappa shape index (κ1) is 13.4. The van der Waals surface area contributed by atoms with Gasteiger partial charge in [0.1, 0.15) is 0 Å². The maximum atomic E-state index is 5.98. The number of hydrogen-bond donors (Lipinski definition) is 1. The predicted molar refractivity (Wildman–Crippen MR) is 82.3 cm³/mol. The van der Waals surface area contributed by atoms with Gasteiger partial charge in [0.15, 0.2) is 0 Å². The second-order valence-electron chi connectivity index (χ2n) is 4.15. The van der Waals surface area contributed by atoms with Crippen LogP contribution in [-0.4, -0.2) is 0 Å². The second-order valence-corrected chi connectivity index (χ2v) is 5.44. The molecule has 0 heterocycles. The van der Waals surface area contributed by atoms with E-state index in [2.05, 4.69) is 52.4 Å². The summed E-state index contributed by atoms with van der Waals surface area (Å²) in [7, 11) is 0. The van der Waals surface area contributed by atoms with Gasteiger partial charge in [0, 0.05) is 16.0 Å². The molecule has 0 aromatic heterocycles. The molecule has 0 saturated heterocycles. The van der Waals surface area contributed by atoms with Crippen LogP contribution >= 0.6 is 27.5 Å². The first-order valence-corrected chi connectivity index (χ1v) is 7.13. The Labute approximate surface area is 121 Å². The Morgan fingerprint density at radius 2 is 1.72 bits per heavy atom. The molecule has 3 heteroatoms. The van der Waals surface area contributed by atoms with E-state index >= 15 is 0 Å². The zero-order valence-corrected chi connectivity index (χ0v) is 12.6. The summed E-state index contributed by atoms with van der Waals surface area (Å²) in [6.07, 6.45) is 1.08. The number of halogens is 2. The molecule has 18 heavy (non-hydrogen) atoms. The second kappa shape index (κ2) is 6.26. The number of benzene rings is 2. The molecule has 0 bridgehead atoms. The molecular weight excluding hydrogens is 310 g/mol. The fourth-order valence-electron chi connectivity index (χ4n) is 1.72. The maximum absolute atomic E-state index is 5.98. The summed E-state index contributed by atoms with van der Waals surface area (Å²) in [6.45, 7) is 2.96. The van der Waals surface area contributed by atoms with Crippen molar-refractivity contribution in [1.29, 1.82) is 0 Å². The number of rotatable bonds is 4. The highest BCUT2D eigenvalue weighted by Crippen LogP contribution is 2.26. The lowest BCUT2D eigenvalue weighted by Gasteiger charge is -2.09. The van der Waals surface area contributed by atoms with Crippen LogP contribution in [0.5, 0.6) is 0 Å². The monoisotopic (exact) mass is 323 g/mol. The molecule has 1 nitrogen and oxygen atoms in total. The first-order valence-electron chi connectivity index (χ1n) is 5.96. The minimum Gasteiger partial charge on any atom is -0.380 e. The highest BCUT2D eigenvalue weighted by molar-refractivity contribution is 9.10. The molecule has 2 aromatic carbocycles. The molecule has 0 saturated carbocycles. The van der Waals surface area contributed by atoms with E-state index in [0.717, 1.165) is 28.1 Å². The molecule has 0 aliphatic rings. The Balaban J connectivity index is 2.04. The molecule has 0 radical (unpaired) electrons. The van der Waals surface area contributed by atoms with Gasteiger partial charge in [-0.2, -0.15) is 0 Å². The third kappa shape index (κ3) is 3.50. The molecule has 94 valence electrons. The van der Waals surface area contributed by atoms with Crippen molar-refractivity contribution in [2.45, 2.75) is 19.9 Å². The molecule has 2 aromatic rings. The third-order valence-electron chi connectivity index (χ3n) is 2.84. The Morgan fingerprint density at radius 1 is 1.06 bits per heavy atom. The number of aryl methyl sites for hydroxylation is 1. The summed E-state index contributed by atoms with van der Waals surface area (Å²) in [4.78, 5) is 0. The van der Waals surface area contributed by atoms with Crippen LogP contribution in [0.2, 0.25) is 5.02 Å². The lowest BCUT2D eigenvalue weighted by atomic mass is 10.1. The van der Waals surface area contributed by atoms with Crippen LogP contribution in [0.4, 0.5) is 5.69 Å². The zero-order valence-electron chi connectivity index (χ0n) is 10.2. The predicted octanol–water partition coefficient (Wildman–Crippen LogP) is 5.28. The fourth-order valence-corrected chi connectivity index (χ4v) is 2.28. The lowest BCUT2D eigenvalue weighted by molar-refractivity contribution is 1.10. The summed E-state index contributed by atoms with van der Waals surface area (Å²) in [5.41, 5.74) is 3.64. The van der Waals surface area contributed by atoms with Crippen LogP contribution in [0.1, 0.15) is 18.1 Å². The Morgan fingerprint density at radius 3 is 2.39 bits per heavy atom. The van der Waals surface area contributed by atoms with Gasteiger partial charge in [0.25, 0.3) is 0 Å². The largest absolute Gasteiger partial charge is 0.380 e. The van der Waals surface area contributed by atoms with Crippen molar-refractivity contribution in [3.8, 4) is 0 Å². The van der Waals surface area contributed by atoms with Crippen LogP contribution < -0.4 is 5.32 Å². The van der Waals surface area contributed by atoms with Gasteiger partial charge in [0.05, 0.1) is 5.69 Å². The summed E-state index contributed by atoms with van der Waals surface area (Å²) in [5, 5.41) is 4.11. The smallest absolute Gasteiger partial charge is 0.0502 e. The average molecular weight is 325 g/mol. The topological polar surface area (TPSA) is 12.0 Å². The van der Waals surface area contributed by atoms with Crippen molar-refractivity contribution in [2.24, 2.45) is 0 Å². The average Bonchev–Trinajstić information content (AvgIpc) is 2.40. The Hall–Kier alpha value is -0.990. The Kier molecular flexibility index (Phi) is 4.67. The Bertz CT molecular complexity index is 523. The van der Waals surface area contributed by atoms with Crippen molar-refractivity contribution in [3.63, 3.8) is 0 Å². The summed E-state index contributed by atoms with van der Waals surface area (Å²) >= 11 is 9.48. The highest BCUT2D eigenvalue weighted by Gasteiger charge is 2.00. The van der Waals surface area contributed by atoms with E-state index in [0.29, 0.717) is 0 Å². The minimum absolute atomic E-state index is 0.738. The van der Waals surface area contributed by atoms with E-state index in [1.54, 1.807) is 0 Å². The van der Waals surface area contributed by atoms with E-state index in [4.69, 9.17) is 11.6 Å². The van der Waals surface area contributed by atoms with Crippen LogP contribution in [0.25, 0.3) is 0 Å². The highest BCUT2D eigenvalue weighted by atomic mass is 79.9. The first-order chi connectivity index (χ1) is 8.69. The normalized spacial score (nSPS) is 10.4. The van der Waals surface area contributed by atoms with Crippen LogP contribution in [0, 0.1) is 0 Å². The van der Waals surface area contributed by atoms with Gasteiger partial charge < -0.3 is 5.32 Å². The number of nitrogens with one attached hydrogen (secondary N) is 1. The maximum Gasteiger partial charge on any atom is 0.0502 e. The van der Waals surface area contributed by atoms with Gasteiger partial charge in [-0.1, -0.05) is 42.8 Å². The molecule has 0 amide bonds. The van der Waals surface area contributed by atoms with Crippen molar-refractivity contribution < 1.29 is 0 Å². The third-order valence-corrected chi connectivity index (χ3v) is 3.77. The van der Waals surface area contributed by atoms with E-state index in [1.807, 2.05) is 18.2 Å². The van der Waals surface area contributed by atoms with Crippen molar-refractivity contribution >= 4 is 33.2 Å². The fraction of sp³-hybridized carbons (Fsp3) is 0.200. The molecule has 1 N–H and O–H groups in total. The van der Waals surface area contributed by atoms with E-state index in [9.17, 15) is 0 Å². The van der Waals surface area contributed by atoms with Crippen molar-refractivity contribution in [2.75, 3.05) is 5.32 Å². The summed E-state index contributed by atoms with van der Waals surface area (Å²) in [5.74, 6) is 0. The lowest BCUT2D eigenvalue weighted by Crippen LogP contribution is -2.00. The number of anilines is 1. The van der Waals surface area contributed by atoms with Gasteiger partial charge in [0.2, 0.25) is 0 Å². The van der Waals surface area contributed by atoms with E-state index in [1.165, 1.54) is 11.1 Å².